The first-order chi connectivity index (χ1) is 11.3. The monoisotopic (exact) mass is 333 g/mol. The third-order valence-corrected chi connectivity index (χ3v) is 3.85. The summed E-state index contributed by atoms with van der Waals surface area (Å²) >= 11 is 0. The van der Waals surface area contributed by atoms with Crippen molar-refractivity contribution in [3.8, 4) is 0 Å². The molecule has 24 heavy (non-hydrogen) atoms. The fourth-order valence-electron chi connectivity index (χ4n) is 2.55. The zero-order valence-corrected chi connectivity index (χ0v) is 14.9. The van der Waals surface area contributed by atoms with Gasteiger partial charge in [0.2, 0.25) is 0 Å². The first kappa shape index (κ1) is 18.2. The second-order valence-corrected chi connectivity index (χ2v) is 7.22. The minimum absolute atomic E-state index is 0.00667. The van der Waals surface area contributed by atoms with Gasteiger partial charge in [-0.25, -0.2) is 9.97 Å². The molecule has 0 unspecified atom stereocenters. The van der Waals surface area contributed by atoms with Crippen molar-refractivity contribution in [1.82, 2.24) is 9.97 Å². The molecular weight excluding hydrogens is 306 g/mol. The number of piperidine rings is 1. The number of ether oxygens (including phenoxy) is 1. The average molecular weight is 333 g/mol. The second-order valence-electron chi connectivity index (χ2n) is 7.22. The van der Waals surface area contributed by atoms with Gasteiger partial charge in [0, 0.05) is 19.3 Å². The van der Waals surface area contributed by atoms with Crippen molar-refractivity contribution in [2.75, 3.05) is 29.9 Å². The third kappa shape index (κ3) is 5.18. The summed E-state index contributed by atoms with van der Waals surface area (Å²) in [6, 6.07) is 0. The SMILES string of the molecule is CC1CCN(c2cnc(C=N)c(NCC(=O)OC(C)(C)C)n2)CC1. The molecule has 2 rings (SSSR count). The number of hydrogen-bond acceptors (Lipinski definition) is 7. The maximum Gasteiger partial charge on any atom is 0.325 e. The molecule has 2 N–H and O–H groups in total. The first-order valence-corrected chi connectivity index (χ1v) is 8.36. The summed E-state index contributed by atoms with van der Waals surface area (Å²) in [5, 5.41) is 10.4. The van der Waals surface area contributed by atoms with Gasteiger partial charge < -0.3 is 20.4 Å². The maximum atomic E-state index is 11.9. The summed E-state index contributed by atoms with van der Waals surface area (Å²) in [4.78, 5) is 22.9. The van der Waals surface area contributed by atoms with Gasteiger partial charge in [0.1, 0.15) is 23.7 Å². The topological polar surface area (TPSA) is 91.2 Å². The third-order valence-electron chi connectivity index (χ3n) is 3.85. The van der Waals surface area contributed by atoms with Gasteiger partial charge >= 0.3 is 5.97 Å². The van der Waals surface area contributed by atoms with Crippen molar-refractivity contribution in [3.05, 3.63) is 11.9 Å². The number of anilines is 2. The van der Waals surface area contributed by atoms with Gasteiger partial charge in [0.15, 0.2) is 5.82 Å². The van der Waals surface area contributed by atoms with Crippen LogP contribution in [0.5, 0.6) is 0 Å². The number of aromatic nitrogens is 2. The predicted octanol–water partition coefficient (Wildman–Crippen LogP) is 2.46. The van der Waals surface area contributed by atoms with Crippen LogP contribution in [0.1, 0.15) is 46.2 Å². The lowest BCUT2D eigenvalue weighted by molar-refractivity contribution is -0.152. The lowest BCUT2D eigenvalue weighted by Crippen LogP contribution is -2.34. The van der Waals surface area contributed by atoms with Gasteiger partial charge in [-0.15, -0.1) is 0 Å². The highest BCUT2D eigenvalue weighted by molar-refractivity contribution is 5.83. The van der Waals surface area contributed by atoms with Crippen molar-refractivity contribution in [2.24, 2.45) is 5.92 Å². The summed E-state index contributed by atoms with van der Waals surface area (Å²) < 4.78 is 5.27. The van der Waals surface area contributed by atoms with Crippen molar-refractivity contribution >= 4 is 23.8 Å². The van der Waals surface area contributed by atoms with Crippen LogP contribution in [0.15, 0.2) is 6.20 Å². The molecule has 1 aromatic rings. The minimum atomic E-state index is -0.527. The Balaban J connectivity index is 2.06. The van der Waals surface area contributed by atoms with Crippen LogP contribution in [-0.4, -0.2) is 47.4 Å². The Bertz CT molecular complexity index is 589. The van der Waals surface area contributed by atoms with E-state index in [1.54, 1.807) is 6.20 Å². The van der Waals surface area contributed by atoms with Crippen molar-refractivity contribution in [3.63, 3.8) is 0 Å². The number of rotatable bonds is 5. The highest BCUT2D eigenvalue weighted by Gasteiger charge is 2.20. The quantitative estimate of drug-likeness (QED) is 0.635. The average Bonchev–Trinajstić information content (AvgIpc) is 2.52. The molecule has 1 fully saturated rings. The number of carbonyl (C=O) groups excluding carboxylic acids is 1. The van der Waals surface area contributed by atoms with Crippen LogP contribution < -0.4 is 10.2 Å². The lowest BCUT2D eigenvalue weighted by Gasteiger charge is -2.31. The van der Waals surface area contributed by atoms with Crippen LogP contribution in [-0.2, 0) is 9.53 Å². The fraction of sp³-hybridized carbons (Fsp3) is 0.647. The maximum absolute atomic E-state index is 11.9. The van der Waals surface area contributed by atoms with Crippen LogP contribution >= 0.6 is 0 Å². The molecule has 7 nitrogen and oxygen atoms in total. The van der Waals surface area contributed by atoms with Gasteiger partial charge in [-0.3, -0.25) is 4.79 Å². The number of carbonyl (C=O) groups is 1. The van der Waals surface area contributed by atoms with Gasteiger partial charge in [0.05, 0.1) is 6.20 Å². The Labute approximate surface area is 143 Å². The van der Waals surface area contributed by atoms with E-state index in [1.165, 1.54) is 0 Å². The molecule has 0 bridgehead atoms. The Morgan fingerprint density at radius 3 is 2.71 bits per heavy atom. The van der Waals surface area contributed by atoms with Gasteiger partial charge in [-0.2, -0.15) is 0 Å². The first-order valence-electron chi connectivity index (χ1n) is 8.36. The number of esters is 1. The number of nitrogens with one attached hydrogen (secondary N) is 2. The molecule has 1 aromatic heterocycles. The molecule has 1 aliphatic rings. The Morgan fingerprint density at radius 2 is 2.12 bits per heavy atom. The van der Waals surface area contributed by atoms with Crippen LogP contribution in [0.2, 0.25) is 0 Å². The van der Waals surface area contributed by atoms with Crippen molar-refractivity contribution < 1.29 is 9.53 Å². The zero-order chi connectivity index (χ0) is 17.7. The van der Waals surface area contributed by atoms with E-state index in [0.29, 0.717) is 11.5 Å². The lowest BCUT2D eigenvalue weighted by atomic mass is 9.99. The molecule has 7 heteroatoms. The van der Waals surface area contributed by atoms with Gasteiger partial charge in [0.25, 0.3) is 0 Å². The molecule has 0 atom stereocenters. The molecule has 0 radical (unpaired) electrons. The van der Waals surface area contributed by atoms with Crippen LogP contribution in [0.3, 0.4) is 0 Å². The summed E-state index contributed by atoms with van der Waals surface area (Å²) in [5.41, 5.74) is -0.117. The van der Waals surface area contributed by atoms with Crippen molar-refractivity contribution in [2.45, 2.75) is 46.1 Å². The predicted molar refractivity (Wildman–Crippen MR) is 94.9 cm³/mol. The second kappa shape index (κ2) is 7.59. The van der Waals surface area contributed by atoms with E-state index < -0.39 is 5.60 Å². The van der Waals surface area contributed by atoms with Crippen LogP contribution in [0.25, 0.3) is 0 Å². The highest BCUT2D eigenvalue weighted by atomic mass is 16.6. The minimum Gasteiger partial charge on any atom is -0.459 e. The molecule has 0 aliphatic carbocycles. The smallest absolute Gasteiger partial charge is 0.325 e. The largest absolute Gasteiger partial charge is 0.459 e. The number of hydrogen-bond donors (Lipinski definition) is 2. The van der Waals surface area contributed by atoms with E-state index in [1.807, 2.05) is 20.8 Å². The van der Waals surface area contributed by atoms with Crippen molar-refractivity contribution in [1.29, 1.82) is 5.41 Å². The molecular formula is C17H27N5O2. The molecule has 0 amide bonds. The molecule has 2 heterocycles. The summed E-state index contributed by atoms with van der Waals surface area (Å²) in [7, 11) is 0. The molecule has 1 aliphatic heterocycles. The Kier molecular flexibility index (Phi) is 5.75. The van der Waals surface area contributed by atoms with E-state index in [0.717, 1.165) is 43.9 Å². The molecule has 0 aromatic carbocycles. The molecule has 0 spiro atoms. The van der Waals surface area contributed by atoms with E-state index in [-0.39, 0.29) is 12.5 Å². The molecule has 1 saturated heterocycles. The standard InChI is InChI=1S/C17H27N5O2/c1-12-5-7-22(8-6-12)14-10-19-13(9-18)16(21-14)20-11-15(23)24-17(2,3)4/h9-10,12,18H,5-8,11H2,1-4H3,(H,20,21). The van der Waals surface area contributed by atoms with Gasteiger partial charge in [-0.1, -0.05) is 6.92 Å². The summed E-state index contributed by atoms with van der Waals surface area (Å²) in [6.07, 6.45) is 5.09. The Hall–Kier alpha value is -2.18. The highest BCUT2D eigenvalue weighted by Crippen LogP contribution is 2.22. The number of nitrogens with zero attached hydrogens (tertiary/aromatic N) is 3. The van der Waals surface area contributed by atoms with E-state index in [2.05, 4.69) is 27.1 Å². The van der Waals surface area contributed by atoms with E-state index >= 15 is 0 Å². The van der Waals surface area contributed by atoms with Crippen LogP contribution in [0, 0.1) is 11.3 Å². The zero-order valence-electron chi connectivity index (χ0n) is 14.9. The molecule has 0 saturated carbocycles. The Morgan fingerprint density at radius 1 is 1.46 bits per heavy atom. The molecule has 132 valence electrons. The normalized spacial score (nSPS) is 15.9. The fourth-order valence-corrected chi connectivity index (χ4v) is 2.55. The van der Waals surface area contributed by atoms with Gasteiger partial charge in [-0.05, 0) is 39.5 Å². The van der Waals surface area contributed by atoms with E-state index in [4.69, 9.17) is 10.1 Å². The van der Waals surface area contributed by atoms with E-state index in [9.17, 15) is 4.79 Å². The summed E-state index contributed by atoms with van der Waals surface area (Å²) in [6.45, 7) is 9.63. The summed E-state index contributed by atoms with van der Waals surface area (Å²) in [5.74, 6) is 1.59. The van der Waals surface area contributed by atoms with Crippen LogP contribution in [0.4, 0.5) is 11.6 Å².